The minimum atomic E-state index is -0.00756. The number of hydrogen-bond acceptors (Lipinski definition) is 4. The molecule has 0 saturated carbocycles. The Bertz CT molecular complexity index is 527. The van der Waals surface area contributed by atoms with Crippen LogP contribution < -0.4 is 10.1 Å². The van der Waals surface area contributed by atoms with Gasteiger partial charge in [0.1, 0.15) is 5.75 Å². The number of hydrogen-bond donors (Lipinski definition) is 1. The van der Waals surface area contributed by atoms with Gasteiger partial charge < -0.3 is 15.0 Å². The van der Waals surface area contributed by atoms with E-state index in [2.05, 4.69) is 12.2 Å². The molecule has 120 valence electrons. The molecule has 0 radical (unpaired) electrons. The lowest BCUT2D eigenvalue weighted by molar-refractivity contribution is -0.134. The second-order valence-corrected chi connectivity index (χ2v) is 5.72. The fraction of sp³-hybridized carbons (Fsp3) is 0.529. The first-order chi connectivity index (χ1) is 10.5. The van der Waals surface area contributed by atoms with E-state index in [1.165, 1.54) is 0 Å². The van der Waals surface area contributed by atoms with Crippen molar-refractivity contribution in [3.63, 3.8) is 0 Å². The molecule has 0 bridgehead atoms. The maximum absolute atomic E-state index is 12.3. The number of amides is 1. The summed E-state index contributed by atoms with van der Waals surface area (Å²) in [7, 11) is 1.59. The zero-order valence-electron chi connectivity index (χ0n) is 13.5. The number of ether oxygens (including phenoxy) is 1. The molecular formula is C17H24N2O3. The Hall–Kier alpha value is -1.88. The molecule has 1 amide bonds. The van der Waals surface area contributed by atoms with E-state index in [4.69, 9.17) is 4.74 Å². The van der Waals surface area contributed by atoms with Crippen LogP contribution in [0, 0.1) is 0 Å². The molecule has 1 aliphatic heterocycles. The lowest BCUT2D eigenvalue weighted by Gasteiger charge is -2.38. The molecule has 2 atom stereocenters. The van der Waals surface area contributed by atoms with Gasteiger partial charge in [0, 0.05) is 43.6 Å². The van der Waals surface area contributed by atoms with E-state index >= 15 is 0 Å². The van der Waals surface area contributed by atoms with Crippen molar-refractivity contribution in [3.8, 4) is 5.75 Å². The summed E-state index contributed by atoms with van der Waals surface area (Å²) in [5.74, 6) is 0.769. The van der Waals surface area contributed by atoms with Gasteiger partial charge in [-0.1, -0.05) is 0 Å². The van der Waals surface area contributed by atoms with Crippen molar-refractivity contribution in [2.24, 2.45) is 0 Å². The van der Waals surface area contributed by atoms with E-state index in [1.54, 1.807) is 31.4 Å². The average molecular weight is 304 g/mol. The van der Waals surface area contributed by atoms with Crippen molar-refractivity contribution < 1.29 is 14.3 Å². The van der Waals surface area contributed by atoms with Crippen LogP contribution in [-0.4, -0.2) is 48.9 Å². The van der Waals surface area contributed by atoms with Crippen molar-refractivity contribution >= 4 is 11.7 Å². The van der Waals surface area contributed by atoms with Crippen LogP contribution in [0.25, 0.3) is 0 Å². The molecule has 2 rings (SSSR count). The normalized spacial score (nSPS) is 21.5. The number of Topliss-reactive ketones (excluding diaryl/α,β-unsaturated/α-hetero) is 1. The SMILES string of the molecule is COc1ccc(C(=O)CCC(=O)N2CCNC(C)C2C)cc1. The van der Waals surface area contributed by atoms with Crippen LogP contribution in [0.15, 0.2) is 24.3 Å². The minimum Gasteiger partial charge on any atom is -0.497 e. The summed E-state index contributed by atoms with van der Waals surface area (Å²) >= 11 is 0. The van der Waals surface area contributed by atoms with Gasteiger partial charge >= 0.3 is 0 Å². The molecule has 1 fully saturated rings. The molecule has 1 saturated heterocycles. The van der Waals surface area contributed by atoms with Crippen molar-refractivity contribution in [1.82, 2.24) is 10.2 Å². The highest BCUT2D eigenvalue weighted by Gasteiger charge is 2.27. The van der Waals surface area contributed by atoms with Crippen LogP contribution in [0.4, 0.5) is 0 Å². The first kappa shape index (κ1) is 16.5. The van der Waals surface area contributed by atoms with Gasteiger partial charge in [0.25, 0.3) is 0 Å². The molecule has 0 aliphatic carbocycles. The topological polar surface area (TPSA) is 58.6 Å². The van der Waals surface area contributed by atoms with Gasteiger partial charge in [-0.25, -0.2) is 0 Å². The maximum Gasteiger partial charge on any atom is 0.223 e. The van der Waals surface area contributed by atoms with Crippen LogP contribution in [0.1, 0.15) is 37.0 Å². The summed E-state index contributed by atoms with van der Waals surface area (Å²) in [6.07, 6.45) is 0.512. The monoisotopic (exact) mass is 304 g/mol. The molecule has 2 unspecified atom stereocenters. The van der Waals surface area contributed by atoms with Crippen LogP contribution in [-0.2, 0) is 4.79 Å². The molecule has 1 aromatic carbocycles. The van der Waals surface area contributed by atoms with Crippen LogP contribution >= 0.6 is 0 Å². The zero-order valence-corrected chi connectivity index (χ0v) is 13.5. The third kappa shape index (κ3) is 3.85. The second kappa shape index (κ2) is 7.40. The molecule has 0 spiro atoms. The first-order valence-corrected chi connectivity index (χ1v) is 7.73. The van der Waals surface area contributed by atoms with Crippen molar-refractivity contribution in [2.45, 2.75) is 38.8 Å². The Morgan fingerprint density at radius 3 is 2.55 bits per heavy atom. The highest BCUT2D eigenvalue weighted by Crippen LogP contribution is 2.15. The summed E-state index contributed by atoms with van der Waals surface area (Å²) in [5, 5.41) is 3.35. The number of rotatable bonds is 5. The largest absolute Gasteiger partial charge is 0.497 e. The Morgan fingerprint density at radius 2 is 1.91 bits per heavy atom. The van der Waals surface area contributed by atoms with Crippen LogP contribution in [0.2, 0.25) is 0 Å². The molecule has 1 aliphatic rings. The fourth-order valence-electron chi connectivity index (χ4n) is 2.69. The highest BCUT2D eigenvalue weighted by molar-refractivity contribution is 5.98. The predicted molar refractivity (Wildman–Crippen MR) is 85.2 cm³/mol. The fourth-order valence-corrected chi connectivity index (χ4v) is 2.69. The quantitative estimate of drug-likeness (QED) is 0.844. The molecule has 0 aromatic heterocycles. The molecule has 1 aromatic rings. The third-order valence-corrected chi connectivity index (χ3v) is 4.33. The van der Waals surface area contributed by atoms with Gasteiger partial charge in [0.05, 0.1) is 7.11 Å². The molecule has 5 heteroatoms. The van der Waals surface area contributed by atoms with Crippen LogP contribution in [0.3, 0.4) is 0 Å². The van der Waals surface area contributed by atoms with Gasteiger partial charge in [0.15, 0.2) is 5.78 Å². The van der Waals surface area contributed by atoms with E-state index in [1.807, 2.05) is 11.8 Å². The zero-order chi connectivity index (χ0) is 16.1. The van der Waals surface area contributed by atoms with E-state index in [-0.39, 0.29) is 36.6 Å². The molecule has 5 nitrogen and oxygen atoms in total. The second-order valence-electron chi connectivity index (χ2n) is 5.72. The van der Waals surface area contributed by atoms with E-state index in [9.17, 15) is 9.59 Å². The number of benzene rings is 1. The molecule has 1 heterocycles. The Kier molecular flexibility index (Phi) is 5.55. The van der Waals surface area contributed by atoms with E-state index < -0.39 is 0 Å². The lowest BCUT2D eigenvalue weighted by Crippen LogP contribution is -2.57. The van der Waals surface area contributed by atoms with Gasteiger partial charge in [0.2, 0.25) is 5.91 Å². The smallest absolute Gasteiger partial charge is 0.223 e. The first-order valence-electron chi connectivity index (χ1n) is 7.73. The number of piperazine rings is 1. The molecule has 22 heavy (non-hydrogen) atoms. The summed E-state index contributed by atoms with van der Waals surface area (Å²) in [5.41, 5.74) is 0.621. The standard InChI is InChI=1S/C17H24N2O3/c1-12-13(2)19(11-10-18-12)17(21)9-8-16(20)14-4-6-15(22-3)7-5-14/h4-7,12-13,18H,8-11H2,1-3H3. The lowest BCUT2D eigenvalue weighted by atomic mass is 10.0. The number of carbonyl (C=O) groups excluding carboxylic acids is 2. The third-order valence-electron chi connectivity index (χ3n) is 4.33. The Morgan fingerprint density at radius 1 is 1.23 bits per heavy atom. The van der Waals surface area contributed by atoms with Crippen molar-refractivity contribution in [3.05, 3.63) is 29.8 Å². The predicted octanol–water partition coefficient (Wildman–Crippen LogP) is 1.87. The van der Waals surface area contributed by atoms with Gasteiger partial charge in [-0.15, -0.1) is 0 Å². The minimum absolute atomic E-state index is 0.00756. The number of nitrogens with zero attached hydrogens (tertiary/aromatic N) is 1. The average Bonchev–Trinajstić information content (AvgIpc) is 2.55. The summed E-state index contributed by atoms with van der Waals surface area (Å²) in [4.78, 5) is 26.3. The number of methoxy groups -OCH3 is 1. The number of carbonyl (C=O) groups is 2. The number of ketones is 1. The maximum atomic E-state index is 12.3. The van der Waals surface area contributed by atoms with Crippen molar-refractivity contribution in [2.75, 3.05) is 20.2 Å². The molecule has 1 N–H and O–H groups in total. The van der Waals surface area contributed by atoms with Gasteiger partial charge in [-0.3, -0.25) is 9.59 Å². The van der Waals surface area contributed by atoms with Crippen LogP contribution in [0.5, 0.6) is 5.75 Å². The summed E-state index contributed by atoms with van der Waals surface area (Å²) < 4.78 is 5.07. The summed E-state index contributed by atoms with van der Waals surface area (Å²) in [6, 6.07) is 7.44. The van der Waals surface area contributed by atoms with E-state index in [0.717, 1.165) is 12.3 Å². The Balaban J connectivity index is 1.88. The van der Waals surface area contributed by atoms with Gasteiger partial charge in [-0.2, -0.15) is 0 Å². The molecular weight excluding hydrogens is 280 g/mol. The van der Waals surface area contributed by atoms with Crippen molar-refractivity contribution in [1.29, 1.82) is 0 Å². The van der Waals surface area contributed by atoms with Gasteiger partial charge in [-0.05, 0) is 38.1 Å². The summed E-state index contributed by atoms with van der Waals surface area (Å²) in [6.45, 7) is 5.64. The highest BCUT2D eigenvalue weighted by atomic mass is 16.5. The number of nitrogens with one attached hydrogen (secondary N) is 1. The Labute approximate surface area is 131 Å². The van der Waals surface area contributed by atoms with E-state index in [0.29, 0.717) is 12.1 Å².